The van der Waals surface area contributed by atoms with Crippen molar-refractivity contribution in [3.8, 4) is 0 Å². The van der Waals surface area contributed by atoms with Crippen LogP contribution in [-0.4, -0.2) is 55.2 Å². The van der Waals surface area contributed by atoms with Gasteiger partial charge in [0.2, 0.25) is 0 Å². The molecule has 0 radical (unpaired) electrons. The zero-order chi connectivity index (χ0) is 25.1. The van der Waals surface area contributed by atoms with Gasteiger partial charge in [0.15, 0.2) is 10.9 Å². The number of H-pyrrole nitrogens is 1. The molecule has 2 heterocycles. The number of carbonyl (C=O) groups excluding carboxylic acids is 1. The van der Waals surface area contributed by atoms with E-state index in [9.17, 15) is 19.2 Å². The first-order chi connectivity index (χ1) is 16.8. The predicted octanol–water partition coefficient (Wildman–Crippen LogP) is 1.87. The number of aromatic amines is 1. The minimum atomic E-state index is -0.793. The number of rotatable bonds is 11. The summed E-state index contributed by atoms with van der Waals surface area (Å²) < 4.78 is 2.89. The monoisotopic (exact) mass is 498 g/mol. The lowest BCUT2D eigenvalue weighted by Crippen LogP contribution is -2.36. The first kappa shape index (κ1) is 24.9. The lowest BCUT2D eigenvalue weighted by Gasteiger charge is -2.19. The van der Waals surface area contributed by atoms with E-state index in [0.717, 1.165) is 50.7 Å². The molecule has 2 aromatic heterocycles. The highest BCUT2D eigenvalue weighted by molar-refractivity contribution is 7.99. The van der Waals surface area contributed by atoms with Crippen LogP contribution in [-0.2, 0) is 6.54 Å². The summed E-state index contributed by atoms with van der Waals surface area (Å²) in [5.41, 5.74) is 4.85. The number of nitrogen functional groups attached to an aromatic ring is 1. The Labute approximate surface area is 206 Å². The molecule has 0 spiro atoms. The quantitative estimate of drug-likeness (QED) is 0.232. The highest BCUT2D eigenvalue weighted by Crippen LogP contribution is 2.35. The first-order valence-electron chi connectivity index (χ1n) is 11.9. The topological polar surface area (TPSA) is 136 Å². The predicted molar refractivity (Wildman–Crippen MR) is 137 cm³/mol. The molecule has 10 nitrogen and oxygen atoms in total. The molecule has 0 atom stereocenters. The van der Waals surface area contributed by atoms with E-state index in [1.165, 1.54) is 4.57 Å². The van der Waals surface area contributed by atoms with Crippen LogP contribution in [0.25, 0.3) is 10.9 Å². The van der Waals surface area contributed by atoms with Gasteiger partial charge in [-0.1, -0.05) is 37.7 Å². The number of anilines is 1. The summed E-state index contributed by atoms with van der Waals surface area (Å²) in [6, 6.07) is 7.02. The Kier molecular flexibility index (Phi) is 7.56. The van der Waals surface area contributed by atoms with Crippen LogP contribution < -0.4 is 22.5 Å². The van der Waals surface area contributed by atoms with Gasteiger partial charge in [0.1, 0.15) is 11.4 Å². The molecular weight excluding hydrogens is 468 g/mol. The van der Waals surface area contributed by atoms with E-state index in [0.29, 0.717) is 22.6 Å². The third kappa shape index (κ3) is 5.25. The number of para-hydroxylation sites is 1. The van der Waals surface area contributed by atoms with Gasteiger partial charge in [0.25, 0.3) is 11.1 Å². The standard InChI is InChI=1S/C24H30N6O4S/c1-3-28(4-2)12-7-13-29-22(33)16-8-5-6-9-17(16)26-24(29)35-14-18(31)19-20(25)30(15-10-11-15)23(34)27-21(19)32/h5-6,8-9,15H,3-4,7,10-14,25H2,1-2H3,(H,27,32,34). The fourth-order valence-electron chi connectivity index (χ4n) is 4.18. The second kappa shape index (κ2) is 10.6. The molecule has 1 aromatic carbocycles. The maximum absolute atomic E-state index is 13.2. The smallest absolute Gasteiger partial charge is 0.330 e. The van der Waals surface area contributed by atoms with Crippen molar-refractivity contribution in [3.63, 3.8) is 0 Å². The molecule has 35 heavy (non-hydrogen) atoms. The molecule has 3 aromatic rings. The van der Waals surface area contributed by atoms with Crippen molar-refractivity contribution in [2.75, 3.05) is 31.1 Å². The number of Topliss-reactive ketones (excluding diaryl/α,β-unsaturated/α-hetero) is 1. The highest BCUT2D eigenvalue weighted by atomic mass is 32.2. The van der Waals surface area contributed by atoms with Crippen LogP contribution in [0.4, 0.5) is 5.82 Å². The summed E-state index contributed by atoms with van der Waals surface area (Å²) in [7, 11) is 0. The van der Waals surface area contributed by atoms with E-state index in [4.69, 9.17) is 5.73 Å². The van der Waals surface area contributed by atoms with Crippen molar-refractivity contribution in [3.05, 3.63) is 61.0 Å². The number of fused-ring (bicyclic) bond motifs is 1. The number of nitrogens with zero attached hydrogens (tertiary/aromatic N) is 4. The minimum Gasteiger partial charge on any atom is -0.384 e. The average Bonchev–Trinajstić information content (AvgIpc) is 3.66. The van der Waals surface area contributed by atoms with Gasteiger partial charge in [-0.25, -0.2) is 9.78 Å². The minimum absolute atomic E-state index is 0.0864. The molecule has 0 saturated heterocycles. The molecule has 0 aliphatic heterocycles. The molecule has 0 bridgehead atoms. The van der Waals surface area contributed by atoms with Gasteiger partial charge in [-0.2, -0.15) is 0 Å². The number of nitrogens with two attached hydrogens (primary N) is 1. The lowest BCUT2D eigenvalue weighted by atomic mass is 10.2. The largest absolute Gasteiger partial charge is 0.384 e. The molecular formula is C24H30N6O4S. The number of benzene rings is 1. The Bertz CT molecular complexity index is 1420. The number of aromatic nitrogens is 4. The number of thioether (sulfide) groups is 1. The fourth-order valence-corrected chi connectivity index (χ4v) is 5.08. The van der Waals surface area contributed by atoms with Gasteiger partial charge in [-0.05, 0) is 51.0 Å². The van der Waals surface area contributed by atoms with Crippen LogP contribution >= 0.6 is 11.8 Å². The summed E-state index contributed by atoms with van der Waals surface area (Å²) in [5.74, 6) is -0.757. The van der Waals surface area contributed by atoms with Crippen molar-refractivity contribution in [1.29, 1.82) is 0 Å². The van der Waals surface area contributed by atoms with E-state index in [1.807, 2.05) is 0 Å². The molecule has 186 valence electrons. The number of hydrogen-bond donors (Lipinski definition) is 2. The van der Waals surface area contributed by atoms with Crippen LogP contribution in [0.3, 0.4) is 0 Å². The number of hydrogen-bond acceptors (Lipinski definition) is 8. The van der Waals surface area contributed by atoms with E-state index >= 15 is 0 Å². The summed E-state index contributed by atoms with van der Waals surface area (Å²) >= 11 is 1.09. The lowest BCUT2D eigenvalue weighted by molar-refractivity contribution is 0.102. The summed E-state index contributed by atoms with van der Waals surface area (Å²) in [4.78, 5) is 60.0. The normalized spacial score (nSPS) is 13.6. The number of carbonyl (C=O) groups is 1. The highest BCUT2D eigenvalue weighted by Gasteiger charge is 2.30. The van der Waals surface area contributed by atoms with Crippen molar-refractivity contribution in [2.24, 2.45) is 0 Å². The van der Waals surface area contributed by atoms with Crippen LogP contribution in [0.1, 0.15) is 49.5 Å². The second-order valence-corrected chi connectivity index (χ2v) is 9.52. The number of nitrogens with one attached hydrogen (secondary N) is 1. The van der Waals surface area contributed by atoms with Crippen LogP contribution in [0.15, 0.2) is 43.8 Å². The zero-order valence-corrected chi connectivity index (χ0v) is 20.8. The van der Waals surface area contributed by atoms with E-state index in [-0.39, 0.29) is 28.7 Å². The van der Waals surface area contributed by atoms with Crippen LogP contribution in [0, 0.1) is 0 Å². The SMILES string of the molecule is CCN(CC)CCCn1c(SCC(=O)c2c(N)n(C3CC3)c(=O)[nH]c2=O)nc2ccccc2c1=O. The molecule has 1 fully saturated rings. The van der Waals surface area contributed by atoms with Gasteiger partial charge in [-0.15, -0.1) is 0 Å². The third-order valence-corrected chi connectivity index (χ3v) is 7.26. The third-order valence-electron chi connectivity index (χ3n) is 6.28. The maximum atomic E-state index is 13.2. The van der Waals surface area contributed by atoms with Crippen molar-refractivity contribution < 1.29 is 4.79 Å². The molecule has 1 aliphatic carbocycles. The van der Waals surface area contributed by atoms with Gasteiger partial charge < -0.3 is 10.6 Å². The molecule has 1 saturated carbocycles. The zero-order valence-electron chi connectivity index (χ0n) is 20.0. The Balaban J connectivity index is 1.62. The Morgan fingerprint density at radius 2 is 1.91 bits per heavy atom. The van der Waals surface area contributed by atoms with Crippen molar-refractivity contribution >= 4 is 34.3 Å². The Morgan fingerprint density at radius 1 is 1.20 bits per heavy atom. The second-order valence-electron chi connectivity index (χ2n) is 8.58. The average molecular weight is 499 g/mol. The maximum Gasteiger partial charge on any atom is 0.330 e. The Morgan fingerprint density at radius 3 is 2.60 bits per heavy atom. The van der Waals surface area contributed by atoms with E-state index < -0.39 is 17.0 Å². The molecule has 0 amide bonds. The molecule has 11 heteroatoms. The molecule has 3 N–H and O–H groups in total. The van der Waals surface area contributed by atoms with Crippen LogP contribution in [0.5, 0.6) is 0 Å². The fraction of sp³-hybridized carbons (Fsp3) is 0.458. The van der Waals surface area contributed by atoms with Crippen LogP contribution in [0.2, 0.25) is 0 Å². The summed E-state index contributed by atoms with van der Waals surface area (Å²) in [6.07, 6.45) is 2.31. The van der Waals surface area contributed by atoms with E-state index in [1.54, 1.807) is 28.8 Å². The van der Waals surface area contributed by atoms with Crippen molar-refractivity contribution in [1.82, 2.24) is 24.0 Å². The first-order valence-corrected chi connectivity index (χ1v) is 12.9. The van der Waals surface area contributed by atoms with Gasteiger partial charge >= 0.3 is 5.69 Å². The van der Waals surface area contributed by atoms with Gasteiger partial charge in [-0.3, -0.25) is 28.5 Å². The summed E-state index contributed by atoms with van der Waals surface area (Å²) in [6.45, 7) is 7.34. The van der Waals surface area contributed by atoms with Gasteiger partial charge in [0.05, 0.1) is 16.7 Å². The molecule has 1 aliphatic rings. The van der Waals surface area contributed by atoms with E-state index in [2.05, 4.69) is 28.7 Å². The number of ketones is 1. The molecule has 0 unspecified atom stereocenters. The molecule has 4 rings (SSSR count). The van der Waals surface area contributed by atoms with Gasteiger partial charge in [0, 0.05) is 12.6 Å². The Hall–Kier alpha value is -3.18. The summed E-state index contributed by atoms with van der Waals surface area (Å²) in [5, 5.41) is 0.926. The van der Waals surface area contributed by atoms with Crippen molar-refractivity contribution in [2.45, 2.75) is 50.9 Å².